The molecular weight excluding hydrogens is 366 g/mol. The first kappa shape index (κ1) is 21.2. The summed E-state index contributed by atoms with van der Waals surface area (Å²) in [6.07, 6.45) is 3.69. The van der Waals surface area contributed by atoms with Crippen molar-refractivity contribution in [2.45, 2.75) is 38.6 Å². The number of aliphatic imine (C=N–C) groups is 1. The van der Waals surface area contributed by atoms with E-state index in [9.17, 15) is 0 Å². The van der Waals surface area contributed by atoms with Gasteiger partial charge < -0.3 is 20.1 Å². The topological polar surface area (TPSA) is 72.7 Å². The van der Waals surface area contributed by atoms with Crippen molar-refractivity contribution in [3.05, 3.63) is 47.3 Å². The molecule has 0 spiro atoms. The zero-order valence-electron chi connectivity index (χ0n) is 18.0. The molecule has 0 saturated carbocycles. The van der Waals surface area contributed by atoms with Crippen LogP contribution in [0.5, 0.6) is 5.75 Å². The second-order valence-corrected chi connectivity index (χ2v) is 7.59. The van der Waals surface area contributed by atoms with Crippen molar-refractivity contribution in [3.63, 3.8) is 0 Å². The van der Waals surface area contributed by atoms with E-state index in [0.717, 1.165) is 56.5 Å². The third-order valence-corrected chi connectivity index (χ3v) is 5.64. The lowest BCUT2D eigenvalue weighted by Gasteiger charge is -2.39. The summed E-state index contributed by atoms with van der Waals surface area (Å²) in [7, 11) is 3.68. The van der Waals surface area contributed by atoms with Crippen LogP contribution in [0.15, 0.2) is 35.5 Å². The predicted octanol–water partition coefficient (Wildman–Crippen LogP) is 2.54. The Bertz CT molecular complexity index is 824. The summed E-state index contributed by atoms with van der Waals surface area (Å²) in [5, 5.41) is 11.2. The highest BCUT2D eigenvalue weighted by molar-refractivity contribution is 5.79. The average molecular weight is 400 g/mol. The highest BCUT2D eigenvalue weighted by Gasteiger charge is 2.37. The number of nitrogens with zero attached hydrogens (tertiary/aromatic N) is 3. The number of guanidine groups is 1. The molecule has 1 aliphatic rings. The molecule has 0 atom stereocenters. The van der Waals surface area contributed by atoms with E-state index in [1.54, 1.807) is 13.3 Å². The van der Waals surface area contributed by atoms with E-state index in [1.165, 1.54) is 11.1 Å². The number of rotatable bonds is 7. The summed E-state index contributed by atoms with van der Waals surface area (Å²) in [6.45, 7) is 7.87. The Morgan fingerprint density at radius 1 is 1.28 bits per heavy atom. The van der Waals surface area contributed by atoms with E-state index in [-0.39, 0.29) is 5.41 Å². The van der Waals surface area contributed by atoms with E-state index in [4.69, 9.17) is 14.5 Å². The van der Waals surface area contributed by atoms with E-state index >= 15 is 0 Å². The van der Waals surface area contributed by atoms with Crippen LogP contribution < -0.4 is 15.4 Å². The first-order valence-corrected chi connectivity index (χ1v) is 10.3. The molecule has 7 nitrogen and oxygen atoms in total. The van der Waals surface area contributed by atoms with Crippen molar-refractivity contribution in [2.75, 3.05) is 33.4 Å². The minimum Gasteiger partial charge on any atom is -0.496 e. The van der Waals surface area contributed by atoms with Crippen molar-refractivity contribution in [1.82, 2.24) is 20.4 Å². The number of hydrogen-bond acceptors (Lipinski definition) is 4. The minimum atomic E-state index is -0.0572. The monoisotopic (exact) mass is 399 g/mol. The molecule has 2 N–H and O–H groups in total. The first-order chi connectivity index (χ1) is 14.1. The van der Waals surface area contributed by atoms with Crippen molar-refractivity contribution in [1.29, 1.82) is 0 Å². The molecule has 0 amide bonds. The lowest BCUT2D eigenvalue weighted by Crippen LogP contribution is -2.48. The third-order valence-electron chi connectivity index (χ3n) is 5.64. The highest BCUT2D eigenvalue weighted by Crippen LogP contribution is 2.40. The molecule has 1 saturated heterocycles. The lowest BCUT2D eigenvalue weighted by molar-refractivity contribution is 0.0505. The summed E-state index contributed by atoms with van der Waals surface area (Å²) in [4.78, 5) is 4.76. The molecule has 7 heteroatoms. The molecule has 0 radical (unpaired) electrons. The van der Waals surface area contributed by atoms with Crippen LogP contribution in [-0.2, 0) is 23.7 Å². The second-order valence-electron chi connectivity index (χ2n) is 7.59. The Hall–Kier alpha value is -2.54. The van der Waals surface area contributed by atoms with Gasteiger partial charge in [0.2, 0.25) is 0 Å². The second kappa shape index (κ2) is 9.78. The number of methoxy groups -OCH3 is 1. The Labute approximate surface area is 173 Å². The van der Waals surface area contributed by atoms with Crippen LogP contribution in [0.3, 0.4) is 0 Å². The van der Waals surface area contributed by atoms with Gasteiger partial charge in [0.25, 0.3) is 0 Å². The standard InChI is InChI=1S/C22H33N5O2/c1-5-23-21(24-15-18-8-11-26-27(18)3)25-16-22(9-12-29-13-10-22)19-14-17(2)6-7-20(19)28-4/h6-8,11,14H,5,9-10,12-13,15-16H2,1-4H3,(H2,23,24,25). The van der Waals surface area contributed by atoms with Crippen LogP contribution in [0.2, 0.25) is 0 Å². The number of hydrogen-bond donors (Lipinski definition) is 2. The Morgan fingerprint density at radius 3 is 2.72 bits per heavy atom. The van der Waals surface area contributed by atoms with Gasteiger partial charge in [0.1, 0.15) is 5.75 Å². The van der Waals surface area contributed by atoms with Crippen molar-refractivity contribution >= 4 is 5.96 Å². The summed E-state index contributed by atoms with van der Waals surface area (Å²) in [6, 6.07) is 8.42. The summed E-state index contributed by atoms with van der Waals surface area (Å²) in [5.74, 6) is 1.75. The van der Waals surface area contributed by atoms with Crippen LogP contribution >= 0.6 is 0 Å². The fourth-order valence-electron chi connectivity index (χ4n) is 3.85. The van der Waals surface area contributed by atoms with Gasteiger partial charge in [0, 0.05) is 50.5 Å². The maximum absolute atomic E-state index is 5.72. The van der Waals surface area contributed by atoms with E-state index in [2.05, 4.69) is 47.8 Å². The van der Waals surface area contributed by atoms with Crippen LogP contribution in [-0.4, -0.2) is 49.2 Å². The molecule has 2 heterocycles. The van der Waals surface area contributed by atoms with Gasteiger partial charge in [-0.25, -0.2) is 4.99 Å². The Balaban J connectivity index is 1.82. The van der Waals surface area contributed by atoms with E-state index in [0.29, 0.717) is 6.54 Å². The molecule has 158 valence electrons. The molecule has 1 aliphatic heterocycles. The molecule has 0 aliphatic carbocycles. The van der Waals surface area contributed by atoms with Gasteiger partial charge in [-0.15, -0.1) is 0 Å². The number of benzene rings is 1. The predicted molar refractivity (Wildman–Crippen MR) is 115 cm³/mol. The van der Waals surface area contributed by atoms with Crippen LogP contribution in [0.25, 0.3) is 0 Å². The summed E-state index contributed by atoms with van der Waals surface area (Å²) < 4.78 is 13.3. The minimum absolute atomic E-state index is 0.0572. The maximum Gasteiger partial charge on any atom is 0.191 e. The van der Waals surface area contributed by atoms with Crippen LogP contribution in [0.1, 0.15) is 36.6 Å². The molecule has 29 heavy (non-hydrogen) atoms. The molecule has 0 unspecified atom stereocenters. The molecule has 0 bridgehead atoms. The zero-order valence-corrected chi connectivity index (χ0v) is 18.0. The smallest absolute Gasteiger partial charge is 0.191 e. The fraction of sp³-hybridized carbons (Fsp3) is 0.545. The zero-order chi connectivity index (χ0) is 20.7. The SMILES string of the molecule is CCNC(=NCc1ccnn1C)NCC1(c2cc(C)ccc2OC)CCOCC1. The van der Waals surface area contributed by atoms with Gasteiger partial charge in [0.05, 0.1) is 19.3 Å². The van der Waals surface area contributed by atoms with Crippen molar-refractivity contribution < 1.29 is 9.47 Å². The van der Waals surface area contributed by atoms with Gasteiger partial charge >= 0.3 is 0 Å². The van der Waals surface area contributed by atoms with Crippen molar-refractivity contribution in [3.8, 4) is 5.75 Å². The maximum atomic E-state index is 5.72. The molecule has 1 fully saturated rings. The Kier molecular flexibility index (Phi) is 7.14. The van der Waals surface area contributed by atoms with Crippen molar-refractivity contribution in [2.24, 2.45) is 12.0 Å². The van der Waals surface area contributed by atoms with Gasteiger partial charge in [-0.2, -0.15) is 5.10 Å². The quantitative estimate of drug-likeness (QED) is 0.553. The normalized spacial score (nSPS) is 16.5. The summed E-state index contributed by atoms with van der Waals surface area (Å²) >= 11 is 0. The third kappa shape index (κ3) is 5.09. The summed E-state index contributed by atoms with van der Waals surface area (Å²) in [5.41, 5.74) is 3.50. The largest absolute Gasteiger partial charge is 0.496 e. The van der Waals surface area contributed by atoms with E-state index < -0.39 is 0 Å². The van der Waals surface area contributed by atoms with Gasteiger partial charge in [-0.3, -0.25) is 4.68 Å². The number of aryl methyl sites for hydroxylation is 2. The van der Waals surface area contributed by atoms with Crippen LogP contribution in [0.4, 0.5) is 0 Å². The molecule has 2 aromatic rings. The van der Waals surface area contributed by atoms with Gasteiger partial charge in [-0.05, 0) is 38.8 Å². The van der Waals surface area contributed by atoms with Crippen LogP contribution in [0, 0.1) is 6.92 Å². The van der Waals surface area contributed by atoms with Gasteiger partial charge in [0.15, 0.2) is 5.96 Å². The molecular formula is C22H33N5O2. The molecule has 3 rings (SSSR count). The number of ether oxygens (including phenoxy) is 2. The van der Waals surface area contributed by atoms with E-state index in [1.807, 2.05) is 17.8 Å². The lowest BCUT2D eigenvalue weighted by atomic mass is 9.73. The highest BCUT2D eigenvalue weighted by atomic mass is 16.5. The first-order valence-electron chi connectivity index (χ1n) is 10.3. The number of nitrogens with one attached hydrogen (secondary N) is 2. The van der Waals surface area contributed by atoms with Gasteiger partial charge in [-0.1, -0.05) is 17.7 Å². The fourth-order valence-corrected chi connectivity index (χ4v) is 3.85. The molecule has 1 aromatic heterocycles. The average Bonchev–Trinajstić information content (AvgIpc) is 3.15. The Morgan fingerprint density at radius 2 is 2.07 bits per heavy atom. The number of aromatic nitrogens is 2. The molecule has 1 aromatic carbocycles.